The van der Waals surface area contributed by atoms with Crippen molar-refractivity contribution in [2.24, 2.45) is 0 Å². The fraction of sp³-hybridized carbons (Fsp3) is 0.625. The number of piperidine rings is 1. The second kappa shape index (κ2) is 5.93. The summed E-state index contributed by atoms with van der Waals surface area (Å²) in [4.78, 5) is 2.38. The second-order valence-electron chi connectivity index (χ2n) is 5.71. The number of hydrogen-bond acceptors (Lipinski definition) is 3. The Morgan fingerprint density at radius 3 is 2.79 bits per heavy atom. The molecule has 19 heavy (non-hydrogen) atoms. The molecule has 1 heterocycles. The van der Waals surface area contributed by atoms with E-state index < -0.39 is 0 Å². The molecular weight excluding hydrogens is 238 g/mol. The first-order valence-corrected chi connectivity index (χ1v) is 7.46. The molecule has 1 aliphatic heterocycles. The van der Waals surface area contributed by atoms with E-state index in [9.17, 15) is 5.11 Å². The minimum absolute atomic E-state index is 0.0890. The van der Waals surface area contributed by atoms with Gasteiger partial charge in [-0.15, -0.1) is 0 Å². The Morgan fingerprint density at radius 2 is 1.95 bits per heavy atom. The van der Waals surface area contributed by atoms with E-state index in [0.29, 0.717) is 0 Å². The van der Waals surface area contributed by atoms with Crippen LogP contribution < -0.4 is 4.74 Å². The van der Waals surface area contributed by atoms with Crippen molar-refractivity contribution in [2.45, 2.75) is 38.2 Å². The first kappa shape index (κ1) is 12.9. The Labute approximate surface area is 115 Å². The van der Waals surface area contributed by atoms with Crippen molar-refractivity contribution in [3.05, 3.63) is 29.3 Å². The minimum atomic E-state index is -0.0890. The van der Waals surface area contributed by atoms with Crippen LogP contribution in [0.25, 0.3) is 0 Å². The van der Waals surface area contributed by atoms with E-state index in [0.717, 1.165) is 44.8 Å². The third-order valence-corrected chi connectivity index (χ3v) is 4.30. The monoisotopic (exact) mass is 261 g/mol. The van der Waals surface area contributed by atoms with E-state index in [1.807, 2.05) is 0 Å². The summed E-state index contributed by atoms with van der Waals surface area (Å²) in [5.41, 5.74) is 2.97. The molecule has 1 aromatic carbocycles. The zero-order chi connectivity index (χ0) is 13.1. The number of aliphatic hydroxyl groups is 1. The molecule has 0 atom stereocenters. The van der Waals surface area contributed by atoms with Gasteiger partial charge in [0.1, 0.15) is 12.4 Å². The summed E-state index contributed by atoms with van der Waals surface area (Å²) in [6.45, 7) is 3.70. The molecule has 0 radical (unpaired) electrons. The highest BCUT2D eigenvalue weighted by Crippen LogP contribution is 2.26. The lowest BCUT2D eigenvalue weighted by Gasteiger charge is -2.29. The smallest absolute Gasteiger partial charge is 0.119 e. The maximum atomic E-state index is 9.46. The van der Waals surface area contributed by atoms with Crippen molar-refractivity contribution < 1.29 is 9.84 Å². The van der Waals surface area contributed by atoms with Crippen LogP contribution in [0.15, 0.2) is 18.2 Å². The van der Waals surface area contributed by atoms with Gasteiger partial charge in [0.05, 0.1) is 6.10 Å². The van der Waals surface area contributed by atoms with Crippen LogP contribution in [0.1, 0.15) is 30.4 Å². The lowest BCUT2D eigenvalue weighted by Crippen LogP contribution is -2.38. The van der Waals surface area contributed by atoms with Gasteiger partial charge < -0.3 is 9.84 Å². The highest BCUT2D eigenvalue weighted by molar-refractivity contribution is 5.38. The van der Waals surface area contributed by atoms with Gasteiger partial charge in [-0.05, 0) is 55.4 Å². The lowest BCUT2D eigenvalue weighted by atomic mass is 10.1. The summed E-state index contributed by atoms with van der Waals surface area (Å²) >= 11 is 0. The number of aryl methyl sites for hydroxylation is 2. The molecule has 0 spiro atoms. The van der Waals surface area contributed by atoms with Crippen molar-refractivity contribution in [1.82, 2.24) is 4.90 Å². The third-order valence-electron chi connectivity index (χ3n) is 4.30. The summed E-state index contributed by atoms with van der Waals surface area (Å²) in [6, 6.07) is 6.53. The van der Waals surface area contributed by atoms with Crippen LogP contribution in [0, 0.1) is 0 Å². The van der Waals surface area contributed by atoms with Crippen LogP contribution in [0.5, 0.6) is 5.75 Å². The highest BCUT2D eigenvalue weighted by Gasteiger charge is 2.16. The normalized spacial score (nSPS) is 20.5. The molecule has 0 bridgehead atoms. The van der Waals surface area contributed by atoms with Gasteiger partial charge in [0.2, 0.25) is 0 Å². The number of ether oxygens (including phenoxy) is 1. The maximum Gasteiger partial charge on any atom is 0.119 e. The molecule has 3 rings (SSSR count). The predicted molar refractivity (Wildman–Crippen MR) is 75.6 cm³/mol. The summed E-state index contributed by atoms with van der Waals surface area (Å²) in [7, 11) is 0. The Kier molecular flexibility index (Phi) is 4.04. The Balaban J connectivity index is 1.45. The molecule has 0 aromatic heterocycles. The molecule has 2 aliphatic rings. The molecule has 1 fully saturated rings. The summed E-state index contributed by atoms with van der Waals surface area (Å²) < 4.78 is 5.86. The number of fused-ring (bicyclic) bond motifs is 1. The van der Waals surface area contributed by atoms with Crippen molar-refractivity contribution in [2.75, 3.05) is 26.2 Å². The largest absolute Gasteiger partial charge is 0.492 e. The van der Waals surface area contributed by atoms with Crippen LogP contribution in [-0.4, -0.2) is 42.4 Å². The quantitative estimate of drug-likeness (QED) is 0.900. The summed E-state index contributed by atoms with van der Waals surface area (Å²) in [5.74, 6) is 1.01. The maximum absolute atomic E-state index is 9.46. The van der Waals surface area contributed by atoms with Crippen LogP contribution in [0.2, 0.25) is 0 Å². The number of likely N-dealkylation sites (tertiary alicyclic amines) is 1. The molecule has 0 saturated carbocycles. The second-order valence-corrected chi connectivity index (χ2v) is 5.71. The Morgan fingerprint density at radius 1 is 1.16 bits per heavy atom. The Hall–Kier alpha value is -1.06. The molecular formula is C16H23NO2. The molecule has 3 nitrogen and oxygen atoms in total. The van der Waals surface area contributed by atoms with Crippen molar-refractivity contribution in [1.29, 1.82) is 0 Å². The van der Waals surface area contributed by atoms with Crippen molar-refractivity contribution in [3.63, 3.8) is 0 Å². The standard InChI is InChI=1S/C16H23NO2/c18-15-6-8-17(9-7-15)10-11-19-16-5-4-13-2-1-3-14(13)12-16/h4-5,12,15,18H,1-3,6-11H2. The molecule has 0 unspecified atom stereocenters. The summed E-state index contributed by atoms with van der Waals surface area (Å²) in [5, 5.41) is 9.46. The zero-order valence-corrected chi connectivity index (χ0v) is 11.5. The fourth-order valence-electron chi connectivity index (χ4n) is 3.07. The van der Waals surface area contributed by atoms with E-state index in [1.165, 1.54) is 30.4 Å². The number of hydrogen-bond donors (Lipinski definition) is 1. The number of rotatable bonds is 4. The topological polar surface area (TPSA) is 32.7 Å². The zero-order valence-electron chi connectivity index (χ0n) is 11.5. The number of benzene rings is 1. The number of nitrogens with zero attached hydrogens (tertiary/aromatic N) is 1. The molecule has 104 valence electrons. The van der Waals surface area contributed by atoms with E-state index in [4.69, 9.17) is 4.74 Å². The van der Waals surface area contributed by atoms with Gasteiger partial charge in [-0.3, -0.25) is 4.90 Å². The molecule has 0 amide bonds. The fourth-order valence-corrected chi connectivity index (χ4v) is 3.07. The van der Waals surface area contributed by atoms with Crippen LogP contribution >= 0.6 is 0 Å². The Bertz CT molecular complexity index is 425. The van der Waals surface area contributed by atoms with Crippen LogP contribution in [0.3, 0.4) is 0 Å². The van der Waals surface area contributed by atoms with Crippen molar-refractivity contribution >= 4 is 0 Å². The predicted octanol–water partition coefficient (Wildman–Crippen LogP) is 2.01. The highest BCUT2D eigenvalue weighted by atomic mass is 16.5. The van der Waals surface area contributed by atoms with E-state index in [2.05, 4.69) is 23.1 Å². The van der Waals surface area contributed by atoms with E-state index in [1.54, 1.807) is 0 Å². The number of aliphatic hydroxyl groups excluding tert-OH is 1. The van der Waals surface area contributed by atoms with Gasteiger partial charge in [0, 0.05) is 19.6 Å². The molecule has 1 saturated heterocycles. The first-order valence-electron chi connectivity index (χ1n) is 7.46. The average Bonchev–Trinajstić information content (AvgIpc) is 2.88. The van der Waals surface area contributed by atoms with E-state index >= 15 is 0 Å². The average molecular weight is 261 g/mol. The third kappa shape index (κ3) is 3.28. The van der Waals surface area contributed by atoms with Crippen LogP contribution in [0.4, 0.5) is 0 Å². The van der Waals surface area contributed by atoms with Gasteiger partial charge in [-0.2, -0.15) is 0 Å². The van der Waals surface area contributed by atoms with E-state index in [-0.39, 0.29) is 6.10 Å². The minimum Gasteiger partial charge on any atom is -0.492 e. The molecule has 1 aromatic rings. The van der Waals surface area contributed by atoms with Gasteiger partial charge in [0.15, 0.2) is 0 Å². The molecule has 1 aliphatic carbocycles. The van der Waals surface area contributed by atoms with Gasteiger partial charge in [-0.25, -0.2) is 0 Å². The molecule has 1 N–H and O–H groups in total. The SMILES string of the molecule is OC1CCN(CCOc2ccc3c(c2)CCC3)CC1. The molecule has 3 heteroatoms. The summed E-state index contributed by atoms with van der Waals surface area (Å²) in [6.07, 6.45) is 5.43. The van der Waals surface area contributed by atoms with Crippen molar-refractivity contribution in [3.8, 4) is 5.75 Å². The lowest BCUT2D eigenvalue weighted by molar-refractivity contribution is 0.0755. The van der Waals surface area contributed by atoms with Gasteiger partial charge >= 0.3 is 0 Å². The van der Waals surface area contributed by atoms with Crippen LogP contribution in [-0.2, 0) is 12.8 Å². The first-order chi connectivity index (χ1) is 9.31. The van der Waals surface area contributed by atoms with Gasteiger partial charge in [-0.1, -0.05) is 6.07 Å². The van der Waals surface area contributed by atoms with Gasteiger partial charge in [0.25, 0.3) is 0 Å².